The van der Waals surface area contributed by atoms with Crippen LogP contribution in [-0.2, 0) is 14.3 Å². The predicted octanol–water partition coefficient (Wildman–Crippen LogP) is 1.95. The molecule has 19 heavy (non-hydrogen) atoms. The summed E-state index contributed by atoms with van der Waals surface area (Å²) in [6.07, 6.45) is 4.23. The first-order valence-electron chi connectivity index (χ1n) is 7.15. The maximum atomic E-state index is 11.9. The number of ether oxygens (including phenoxy) is 1. The number of carboxylic acids is 1. The Morgan fingerprint density at radius 1 is 1.42 bits per heavy atom. The number of carbonyl (C=O) groups excluding carboxylic acids is 1. The van der Waals surface area contributed by atoms with Crippen LogP contribution in [0.15, 0.2) is 0 Å². The summed E-state index contributed by atoms with van der Waals surface area (Å²) in [6, 6.07) is 0. The molecule has 110 valence electrons. The zero-order valence-electron chi connectivity index (χ0n) is 11.9. The van der Waals surface area contributed by atoms with E-state index in [1.807, 2.05) is 13.8 Å². The van der Waals surface area contributed by atoms with Gasteiger partial charge in [0.25, 0.3) is 0 Å². The summed E-state index contributed by atoms with van der Waals surface area (Å²) >= 11 is 0. The Kier molecular flexibility index (Phi) is 6.28. The highest BCUT2D eigenvalue weighted by Crippen LogP contribution is 2.34. The molecule has 1 amide bonds. The number of amides is 1. The maximum absolute atomic E-state index is 11.9. The summed E-state index contributed by atoms with van der Waals surface area (Å²) in [5, 5.41) is 12.2. The summed E-state index contributed by atoms with van der Waals surface area (Å²) < 4.78 is 5.17. The number of carbonyl (C=O) groups is 2. The highest BCUT2D eigenvalue weighted by molar-refractivity contribution is 5.87. The second-order valence-corrected chi connectivity index (χ2v) is 5.27. The smallest absolute Gasteiger partial charge is 0.329 e. The monoisotopic (exact) mass is 271 g/mol. The molecular weight excluding hydrogens is 246 g/mol. The maximum Gasteiger partial charge on any atom is 0.329 e. The lowest BCUT2D eigenvalue weighted by atomic mass is 9.73. The van der Waals surface area contributed by atoms with E-state index in [-0.39, 0.29) is 11.8 Å². The molecule has 0 aromatic rings. The van der Waals surface area contributed by atoms with E-state index >= 15 is 0 Å². The highest BCUT2D eigenvalue weighted by atomic mass is 16.5. The molecule has 5 heteroatoms. The van der Waals surface area contributed by atoms with Crippen LogP contribution in [-0.4, -0.2) is 35.7 Å². The van der Waals surface area contributed by atoms with Crippen LogP contribution in [0.4, 0.5) is 0 Å². The van der Waals surface area contributed by atoms with Crippen LogP contribution in [0.1, 0.15) is 52.4 Å². The van der Waals surface area contributed by atoms with Gasteiger partial charge in [0.15, 0.2) is 0 Å². The van der Waals surface area contributed by atoms with Crippen molar-refractivity contribution in [2.24, 2.45) is 5.92 Å². The fraction of sp³-hybridized carbons (Fsp3) is 0.857. The average molecular weight is 271 g/mol. The van der Waals surface area contributed by atoms with Gasteiger partial charge in [-0.05, 0) is 32.1 Å². The van der Waals surface area contributed by atoms with Gasteiger partial charge in [-0.15, -0.1) is 0 Å². The molecular formula is C14H25NO4. The van der Waals surface area contributed by atoms with Gasteiger partial charge in [0.2, 0.25) is 5.91 Å². The van der Waals surface area contributed by atoms with Crippen molar-refractivity contribution < 1.29 is 19.4 Å². The zero-order valence-corrected chi connectivity index (χ0v) is 11.9. The predicted molar refractivity (Wildman–Crippen MR) is 71.9 cm³/mol. The van der Waals surface area contributed by atoms with Crippen molar-refractivity contribution in [3.05, 3.63) is 0 Å². The Balaban J connectivity index is 2.53. The van der Waals surface area contributed by atoms with Gasteiger partial charge in [-0.3, -0.25) is 4.79 Å². The van der Waals surface area contributed by atoms with Crippen LogP contribution in [0, 0.1) is 5.92 Å². The lowest BCUT2D eigenvalue weighted by molar-refractivity contribution is -0.152. The topological polar surface area (TPSA) is 75.6 Å². The molecule has 0 radical (unpaired) electrons. The van der Waals surface area contributed by atoms with Crippen LogP contribution in [0.25, 0.3) is 0 Å². The van der Waals surface area contributed by atoms with E-state index in [1.54, 1.807) is 0 Å². The minimum absolute atomic E-state index is 0.0189. The number of rotatable bonds is 7. The van der Waals surface area contributed by atoms with Crippen molar-refractivity contribution >= 4 is 11.9 Å². The van der Waals surface area contributed by atoms with Crippen molar-refractivity contribution in [1.82, 2.24) is 5.32 Å². The van der Waals surface area contributed by atoms with Crippen molar-refractivity contribution in [3.8, 4) is 0 Å². The highest BCUT2D eigenvalue weighted by Gasteiger charge is 2.46. The molecule has 0 aromatic carbocycles. The molecule has 1 aliphatic carbocycles. The summed E-state index contributed by atoms with van der Waals surface area (Å²) in [7, 11) is 0. The molecule has 5 nitrogen and oxygen atoms in total. The van der Waals surface area contributed by atoms with Gasteiger partial charge in [-0.2, -0.15) is 0 Å². The van der Waals surface area contributed by atoms with E-state index in [0.29, 0.717) is 32.5 Å². The first-order chi connectivity index (χ1) is 9.03. The number of hydrogen-bond donors (Lipinski definition) is 2. The normalized spacial score (nSPS) is 26.9. The molecule has 2 N–H and O–H groups in total. The molecule has 0 heterocycles. The second kappa shape index (κ2) is 7.48. The SMILES string of the molecule is CCOCCCC(=O)NC1(C(=O)O)CCCCC1C. The first kappa shape index (κ1) is 16.0. The van der Waals surface area contributed by atoms with Gasteiger partial charge in [0, 0.05) is 19.6 Å². The summed E-state index contributed by atoms with van der Waals surface area (Å²) in [5.74, 6) is -1.11. The molecule has 1 rings (SSSR count). The number of aliphatic carboxylic acids is 1. The van der Waals surface area contributed by atoms with Crippen molar-refractivity contribution in [2.45, 2.75) is 57.9 Å². The molecule has 2 unspecified atom stereocenters. The van der Waals surface area contributed by atoms with Crippen LogP contribution in [0.5, 0.6) is 0 Å². The average Bonchev–Trinajstić information content (AvgIpc) is 2.37. The van der Waals surface area contributed by atoms with Gasteiger partial charge < -0.3 is 15.2 Å². The minimum Gasteiger partial charge on any atom is -0.479 e. The molecule has 1 aliphatic rings. The Labute approximate surface area is 114 Å². The molecule has 0 spiro atoms. The lowest BCUT2D eigenvalue weighted by Gasteiger charge is -2.39. The van der Waals surface area contributed by atoms with Crippen molar-refractivity contribution in [1.29, 1.82) is 0 Å². The van der Waals surface area contributed by atoms with Crippen molar-refractivity contribution in [3.63, 3.8) is 0 Å². The quantitative estimate of drug-likeness (QED) is 0.694. The summed E-state index contributed by atoms with van der Waals surface area (Å²) in [4.78, 5) is 23.5. The van der Waals surface area contributed by atoms with Gasteiger partial charge in [0.1, 0.15) is 5.54 Å². The summed E-state index contributed by atoms with van der Waals surface area (Å²) in [5.41, 5.74) is -1.07. The molecule has 1 fully saturated rings. The largest absolute Gasteiger partial charge is 0.479 e. The van der Waals surface area contributed by atoms with E-state index in [9.17, 15) is 14.7 Å². The Morgan fingerprint density at radius 3 is 2.74 bits per heavy atom. The third-order valence-corrected chi connectivity index (χ3v) is 3.94. The van der Waals surface area contributed by atoms with Gasteiger partial charge >= 0.3 is 5.97 Å². The summed E-state index contributed by atoms with van der Waals surface area (Å²) in [6.45, 7) is 4.99. The molecule has 0 aromatic heterocycles. The first-order valence-corrected chi connectivity index (χ1v) is 7.15. The third-order valence-electron chi connectivity index (χ3n) is 3.94. The van der Waals surface area contributed by atoms with E-state index in [0.717, 1.165) is 19.3 Å². The van der Waals surface area contributed by atoms with Gasteiger partial charge in [0.05, 0.1) is 0 Å². The van der Waals surface area contributed by atoms with Crippen LogP contribution >= 0.6 is 0 Å². The zero-order chi connectivity index (χ0) is 14.3. The fourth-order valence-electron chi connectivity index (χ4n) is 2.69. The Bertz CT molecular complexity index is 319. The molecule has 2 atom stereocenters. The molecule has 0 saturated heterocycles. The van der Waals surface area contributed by atoms with E-state index < -0.39 is 11.5 Å². The van der Waals surface area contributed by atoms with Crippen molar-refractivity contribution in [2.75, 3.05) is 13.2 Å². The Hall–Kier alpha value is -1.10. The van der Waals surface area contributed by atoms with Crippen LogP contribution in [0.3, 0.4) is 0 Å². The van der Waals surface area contributed by atoms with E-state index in [4.69, 9.17) is 4.74 Å². The minimum atomic E-state index is -1.07. The number of carboxylic acid groups (broad SMARTS) is 1. The standard InChI is InChI=1S/C14H25NO4/c1-3-19-10-6-8-12(16)15-14(13(17)18)9-5-4-7-11(14)2/h11H,3-10H2,1-2H3,(H,15,16)(H,17,18). The van der Waals surface area contributed by atoms with Gasteiger partial charge in [-0.1, -0.05) is 19.8 Å². The van der Waals surface area contributed by atoms with Crippen LogP contribution < -0.4 is 5.32 Å². The molecule has 1 saturated carbocycles. The van der Waals surface area contributed by atoms with E-state index in [2.05, 4.69) is 5.32 Å². The molecule has 0 bridgehead atoms. The third kappa shape index (κ3) is 4.20. The fourth-order valence-corrected chi connectivity index (χ4v) is 2.69. The lowest BCUT2D eigenvalue weighted by Crippen LogP contribution is -2.60. The molecule has 0 aliphatic heterocycles. The second-order valence-electron chi connectivity index (χ2n) is 5.27. The van der Waals surface area contributed by atoms with Crippen LogP contribution in [0.2, 0.25) is 0 Å². The Morgan fingerprint density at radius 2 is 2.16 bits per heavy atom. The number of hydrogen-bond acceptors (Lipinski definition) is 3. The number of nitrogens with one attached hydrogen (secondary N) is 1. The van der Waals surface area contributed by atoms with E-state index in [1.165, 1.54) is 0 Å². The van der Waals surface area contributed by atoms with Gasteiger partial charge in [-0.25, -0.2) is 4.79 Å².